The Hall–Kier alpha value is -1.13. The zero-order valence-corrected chi connectivity index (χ0v) is 5.02. The number of aldehydes is 1. The van der Waals surface area contributed by atoms with Gasteiger partial charge >= 0.3 is 0 Å². The van der Waals surface area contributed by atoms with Gasteiger partial charge in [-0.1, -0.05) is 0 Å². The van der Waals surface area contributed by atoms with E-state index in [0.717, 1.165) is 0 Å². The third kappa shape index (κ3) is 1.23. The van der Waals surface area contributed by atoms with Gasteiger partial charge in [0.15, 0.2) is 17.8 Å². The Kier molecular flexibility index (Phi) is 1.84. The highest BCUT2D eigenvalue weighted by Gasteiger charge is 2.06. The number of aliphatic hydroxyl groups excluding tert-OH is 1. The van der Waals surface area contributed by atoms with E-state index in [4.69, 9.17) is 10.2 Å². The zero-order valence-electron chi connectivity index (χ0n) is 5.02. The van der Waals surface area contributed by atoms with E-state index in [1.54, 1.807) is 0 Å². The van der Waals surface area contributed by atoms with Gasteiger partial charge in [0.1, 0.15) is 0 Å². The molecule has 4 nitrogen and oxygen atoms in total. The van der Waals surface area contributed by atoms with E-state index in [0.29, 0.717) is 6.29 Å². The number of carbonyl (C=O) groups excluding carboxylic acids is 1. The number of furan rings is 1. The van der Waals surface area contributed by atoms with E-state index in [1.807, 2.05) is 0 Å². The molecular formula is C6H6O4. The molecule has 1 rings (SSSR count). The summed E-state index contributed by atoms with van der Waals surface area (Å²) >= 11 is 0. The SMILES string of the molecule is OC([18OH])c1ccc(C=[18O])o1. The Morgan fingerprint density at radius 3 is 2.70 bits per heavy atom. The van der Waals surface area contributed by atoms with Crippen LogP contribution in [0.2, 0.25) is 0 Å². The molecule has 1 aromatic heterocycles. The molecule has 0 aromatic carbocycles. The molecule has 1 aromatic rings. The highest BCUT2D eigenvalue weighted by molar-refractivity contribution is 5.70. The minimum absolute atomic E-state index is 0.0258. The van der Waals surface area contributed by atoms with Crippen LogP contribution in [0.3, 0.4) is 0 Å². The Morgan fingerprint density at radius 1 is 1.70 bits per heavy atom. The number of aliphatic hydroxyl groups is 2. The van der Waals surface area contributed by atoms with E-state index >= 15 is 0 Å². The smallest absolute Gasteiger partial charge is 0.212 e. The molecule has 1 unspecified atom stereocenters. The normalized spacial score (nSPS) is 13.0. The van der Waals surface area contributed by atoms with Crippen LogP contribution in [0.15, 0.2) is 16.5 Å². The Bertz CT molecular complexity index is 225. The fourth-order valence-corrected chi connectivity index (χ4v) is 0.571. The minimum atomic E-state index is -1.64. The fraction of sp³-hybridized carbons (Fsp3) is 0.167. The van der Waals surface area contributed by atoms with Crippen molar-refractivity contribution < 1.29 is 19.4 Å². The average molecular weight is 146 g/mol. The topological polar surface area (TPSA) is 70.7 Å². The van der Waals surface area contributed by atoms with E-state index in [9.17, 15) is 4.79 Å². The van der Waals surface area contributed by atoms with E-state index in [1.165, 1.54) is 12.1 Å². The summed E-state index contributed by atoms with van der Waals surface area (Å²) in [5.74, 6) is 0.0604. The first kappa shape index (κ1) is 6.98. The number of hydrogen-bond donors (Lipinski definition) is 2. The molecule has 0 aliphatic carbocycles. The quantitative estimate of drug-likeness (QED) is 0.352. The molecule has 0 saturated carbocycles. The molecule has 1 atom stereocenters. The maximum atomic E-state index is 9.99. The molecule has 1 heterocycles. The summed E-state index contributed by atoms with van der Waals surface area (Å²) in [7, 11) is 0. The standard InChI is InChI=1S/C6H6O4/c7-3-4-1-2-5(10-4)6(8)9/h1-3,6,8-9H/i7+2,8+2. The summed E-state index contributed by atoms with van der Waals surface area (Å²) in [6.45, 7) is 0. The largest absolute Gasteiger partial charge is 0.453 e. The van der Waals surface area contributed by atoms with Gasteiger partial charge in [-0.15, -0.1) is 0 Å². The lowest BCUT2D eigenvalue weighted by Crippen LogP contribution is -1.90. The van der Waals surface area contributed by atoms with Crippen LogP contribution in [-0.4, -0.2) is 16.5 Å². The molecule has 54 valence electrons. The lowest BCUT2D eigenvalue weighted by Gasteiger charge is -1.94. The Labute approximate surface area is 56.7 Å². The second kappa shape index (κ2) is 2.64. The predicted molar refractivity (Wildman–Crippen MR) is 31.3 cm³/mol. The van der Waals surface area contributed by atoms with Crippen molar-refractivity contribution in [3.05, 3.63) is 23.7 Å². The van der Waals surface area contributed by atoms with Gasteiger partial charge in [0.05, 0.1) is 0 Å². The van der Waals surface area contributed by atoms with Crippen molar-refractivity contribution in [2.24, 2.45) is 0 Å². The molecular weight excluding hydrogens is 140 g/mol. The van der Waals surface area contributed by atoms with Crippen molar-refractivity contribution in [2.45, 2.75) is 6.29 Å². The highest BCUT2D eigenvalue weighted by atomic mass is 18.2. The van der Waals surface area contributed by atoms with E-state index < -0.39 is 6.29 Å². The van der Waals surface area contributed by atoms with Crippen molar-refractivity contribution >= 4 is 6.29 Å². The van der Waals surface area contributed by atoms with Crippen LogP contribution in [0.4, 0.5) is 0 Å². The van der Waals surface area contributed by atoms with Crippen LogP contribution in [-0.2, 0) is 0 Å². The van der Waals surface area contributed by atoms with E-state index in [2.05, 4.69) is 4.42 Å². The lowest BCUT2D eigenvalue weighted by molar-refractivity contribution is -0.0582. The fourth-order valence-electron chi connectivity index (χ4n) is 0.571. The Balaban J connectivity index is 2.88. The van der Waals surface area contributed by atoms with Crippen molar-refractivity contribution in [2.75, 3.05) is 0 Å². The van der Waals surface area contributed by atoms with Crippen LogP contribution < -0.4 is 0 Å². The number of rotatable bonds is 2. The summed E-state index contributed by atoms with van der Waals surface area (Å²) < 4.78 is 4.63. The second-order valence-corrected chi connectivity index (χ2v) is 1.73. The van der Waals surface area contributed by atoms with Gasteiger partial charge < -0.3 is 14.6 Å². The van der Waals surface area contributed by atoms with Crippen molar-refractivity contribution in [1.29, 1.82) is 0 Å². The number of hydrogen-bond acceptors (Lipinski definition) is 4. The molecule has 0 spiro atoms. The summed E-state index contributed by atoms with van der Waals surface area (Å²) in [4.78, 5) is 9.99. The first-order valence-corrected chi connectivity index (χ1v) is 2.65. The first-order chi connectivity index (χ1) is 4.74. The molecule has 0 amide bonds. The molecule has 0 saturated heterocycles. The maximum absolute atomic E-state index is 9.99. The van der Waals surface area contributed by atoms with E-state index in [-0.39, 0.29) is 11.5 Å². The van der Waals surface area contributed by atoms with Crippen molar-refractivity contribution in [1.82, 2.24) is 0 Å². The summed E-state index contributed by atoms with van der Waals surface area (Å²) in [6, 6.07) is 2.69. The predicted octanol–water partition coefficient (Wildman–Crippen LogP) is 0.0753. The van der Waals surface area contributed by atoms with Gasteiger partial charge in [-0.25, -0.2) is 0 Å². The van der Waals surface area contributed by atoms with Gasteiger partial charge in [-0.05, 0) is 12.1 Å². The molecule has 2 N–H and O–H groups in total. The minimum Gasteiger partial charge on any atom is -0.453 e. The van der Waals surface area contributed by atoms with Crippen LogP contribution >= 0.6 is 0 Å². The number of carbonyl (C=O) groups is 1. The molecule has 0 aliphatic rings. The van der Waals surface area contributed by atoms with Gasteiger partial charge in [-0.3, -0.25) is 4.79 Å². The van der Waals surface area contributed by atoms with Crippen LogP contribution in [0.25, 0.3) is 0 Å². The monoisotopic (exact) mass is 146 g/mol. The summed E-state index contributed by atoms with van der Waals surface area (Å²) in [5.41, 5.74) is 0. The van der Waals surface area contributed by atoms with Crippen molar-refractivity contribution in [3.63, 3.8) is 0 Å². The molecule has 0 fully saturated rings. The molecule has 4 heteroatoms. The molecule has 0 radical (unpaired) electrons. The highest BCUT2D eigenvalue weighted by Crippen LogP contribution is 2.11. The summed E-state index contributed by atoms with van der Waals surface area (Å²) in [6.07, 6.45) is -1.15. The summed E-state index contributed by atoms with van der Waals surface area (Å²) in [5, 5.41) is 17.0. The first-order valence-electron chi connectivity index (χ1n) is 2.65. The Morgan fingerprint density at radius 2 is 2.40 bits per heavy atom. The molecule has 0 bridgehead atoms. The maximum Gasteiger partial charge on any atom is 0.212 e. The molecule has 10 heavy (non-hydrogen) atoms. The second-order valence-electron chi connectivity index (χ2n) is 1.73. The van der Waals surface area contributed by atoms with Crippen molar-refractivity contribution in [3.8, 4) is 0 Å². The van der Waals surface area contributed by atoms with Crippen LogP contribution in [0, 0.1) is 0 Å². The third-order valence-electron chi connectivity index (χ3n) is 1.02. The zero-order chi connectivity index (χ0) is 7.56. The third-order valence-corrected chi connectivity index (χ3v) is 1.02. The van der Waals surface area contributed by atoms with Crippen LogP contribution in [0.5, 0.6) is 0 Å². The van der Waals surface area contributed by atoms with Gasteiger partial charge in [0.25, 0.3) is 0 Å². The van der Waals surface area contributed by atoms with Gasteiger partial charge in [-0.2, -0.15) is 0 Å². The lowest BCUT2D eigenvalue weighted by atomic mass is 10.4. The van der Waals surface area contributed by atoms with Gasteiger partial charge in [0.2, 0.25) is 6.29 Å². The average Bonchev–Trinajstić information content (AvgIpc) is 2.34. The van der Waals surface area contributed by atoms with Crippen LogP contribution in [0.1, 0.15) is 22.6 Å². The molecule has 0 aliphatic heterocycles. The van der Waals surface area contributed by atoms with Gasteiger partial charge in [0, 0.05) is 0 Å².